The second-order valence-electron chi connectivity index (χ2n) is 5.16. The summed E-state index contributed by atoms with van der Waals surface area (Å²) < 4.78 is 32.0. The topological polar surface area (TPSA) is 85.1 Å². The molecule has 0 saturated carbocycles. The average molecular weight is 364 g/mol. The molecule has 3 aromatic rings. The molecule has 0 atom stereocenters. The van der Waals surface area contributed by atoms with Crippen LogP contribution in [-0.2, 0) is 16.6 Å². The molecule has 0 radical (unpaired) electrons. The van der Waals surface area contributed by atoms with Crippen LogP contribution in [0.5, 0.6) is 0 Å². The Kier molecular flexibility index (Phi) is 4.66. The summed E-state index contributed by atoms with van der Waals surface area (Å²) in [7, 11) is -3.69. The van der Waals surface area contributed by atoms with Gasteiger partial charge in [-0.25, -0.2) is 17.8 Å². The van der Waals surface area contributed by atoms with Crippen molar-refractivity contribution in [3.8, 4) is 11.1 Å². The van der Waals surface area contributed by atoms with Crippen molar-refractivity contribution in [2.75, 3.05) is 0 Å². The molecule has 2 aromatic carbocycles. The predicted molar refractivity (Wildman–Crippen MR) is 89.9 cm³/mol. The molecule has 0 saturated heterocycles. The van der Waals surface area contributed by atoms with Crippen molar-refractivity contribution in [3.63, 3.8) is 0 Å². The van der Waals surface area contributed by atoms with Crippen LogP contribution in [-0.4, -0.2) is 18.7 Å². The number of aryl methyl sites for hydroxylation is 1. The van der Waals surface area contributed by atoms with E-state index in [1.807, 2.05) is 18.2 Å². The van der Waals surface area contributed by atoms with Crippen molar-refractivity contribution < 1.29 is 13.0 Å². The van der Waals surface area contributed by atoms with Gasteiger partial charge in [0.2, 0.25) is 10.0 Å². The van der Waals surface area contributed by atoms with Crippen molar-refractivity contribution in [2.45, 2.75) is 18.4 Å². The second kappa shape index (κ2) is 6.72. The molecule has 0 aliphatic heterocycles. The summed E-state index contributed by atoms with van der Waals surface area (Å²) in [5, 5.41) is 7.87. The van der Waals surface area contributed by atoms with Gasteiger partial charge < -0.3 is 0 Å². The first-order valence-electron chi connectivity index (χ1n) is 7.09. The standard InChI is InChI=1S/C16H14ClN3O3S/c1-11-16(20-23-19-11)10-18-24(21,22)15-7-3-5-13(9-15)12-4-2-6-14(17)8-12/h2-9,18H,10H2,1H3. The Morgan fingerprint density at radius 1 is 1.08 bits per heavy atom. The molecule has 3 rings (SSSR count). The molecule has 0 aliphatic rings. The highest BCUT2D eigenvalue weighted by Gasteiger charge is 2.16. The van der Waals surface area contributed by atoms with Gasteiger partial charge in [0.05, 0.1) is 11.4 Å². The van der Waals surface area contributed by atoms with E-state index < -0.39 is 10.0 Å². The van der Waals surface area contributed by atoms with Gasteiger partial charge in [0.25, 0.3) is 0 Å². The van der Waals surface area contributed by atoms with Crippen LogP contribution in [0.2, 0.25) is 5.02 Å². The summed E-state index contributed by atoms with van der Waals surface area (Å²) in [6.45, 7) is 1.71. The molecule has 0 bridgehead atoms. The van der Waals surface area contributed by atoms with Crippen LogP contribution in [0.4, 0.5) is 0 Å². The van der Waals surface area contributed by atoms with Crippen molar-refractivity contribution in [2.24, 2.45) is 0 Å². The third kappa shape index (κ3) is 3.64. The van der Waals surface area contributed by atoms with Crippen LogP contribution >= 0.6 is 11.6 Å². The summed E-state index contributed by atoms with van der Waals surface area (Å²) in [6, 6.07) is 13.9. The van der Waals surface area contributed by atoms with Gasteiger partial charge in [0, 0.05) is 5.02 Å². The van der Waals surface area contributed by atoms with Crippen molar-refractivity contribution >= 4 is 21.6 Å². The maximum Gasteiger partial charge on any atom is 0.240 e. The number of sulfonamides is 1. The third-order valence-electron chi connectivity index (χ3n) is 3.48. The lowest BCUT2D eigenvalue weighted by Crippen LogP contribution is -2.23. The average Bonchev–Trinajstić information content (AvgIpc) is 2.98. The van der Waals surface area contributed by atoms with Crippen molar-refractivity contribution in [1.82, 2.24) is 15.0 Å². The third-order valence-corrected chi connectivity index (χ3v) is 5.11. The highest BCUT2D eigenvalue weighted by molar-refractivity contribution is 7.89. The zero-order valence-corrected chi connectivity index (χ0v) is 14.3. The Labute approximate surface area is 144 Å². The number of halogens is 1. The normalized spacial score (nSPS) is 11.6. The van der Waals surface area contributed by atoms with Gasteiger partial charge in [0.1, 0.15) is 11.4 Å². The quantitative estimate of drug-likeness (QED) is 0.752. The zero-order valence-electron chi connectivity index (χ0n) is 12.7. The minimum absolute atomic E-state index is 0.0130. The maximum absolute atomic E-state index is 12.5. The van der Waals surface area contributed by atoms with Gasteiger partial charge in [0.15, 0.2) is 0 Å². The molecular weight excluding hydrogens is 350 g/mol. The number of hydrogen-bond acceptors (Lipinski definition) is 5. The smallest absolute Gasteiger partial charge is 0.240 e. The van der Waals surface area contributed by atoms with E-state index in [1.165, 1.54) is 6.07 Å². The fraction of sp³-hybridized carbons (Fsp3) is 0.125. The van der Waals surface area contributed by atoms with Crippen LogP contribution in [0.15, 0.2) is 58.1 Å². The summed E-state index contributed by atoms with van der Waals surface area (Å²) in [6.07, 6.45) is 0. The molecule has 0 fully saturated rings. The molecule has 1 heterocycles. The first kappa shape index (κ1) is 16.6. The van der Waals surface area contributed by atoms with E-state index in [1.54, 1.807) is 31.2 Å². The summed E-state index contributed by atoms with van der Waals surface area (Å²) in [5.74, 6) is 0. The van der Waals surface area contributed by atoms with E-state index >= 15 is 0 Å². The molecule has 124 valence electrons. The van der Waals surface area contributed by atoms with Crippen molar-refractivity contribution in [1.29, 1.82) is 0 Å². The van der Waals surface area contributed by atoms with E-state index in [2.05, 4.69) is 19.7 Å². The van der Waals surface area contributed by atoms with E-state index in [9.17, 15) is 8.42 Å². The number of hydrogen-bond donors (Lipinski definition) is 1. The number of aromatic nitrogens is 2. The molecule has 6 nitrogen and oxygen atoms in total. The largest absolute Gasteiger partial charge is 0.244 e. The molecule has 1 aromatic heterocycles. The molecule has 0 aliphatic carbocycles. The Bertz CT molecular complexity index is 970. The molecule has 0 amide bonds. The highest BCUT2D eigenvalue weighted by Crippen LogP contribution is 2.25. The van der Waals surface area contributed by atoms with Gasteiger partial charge in [-0.1, -0.05) is 46.2 Å². The number of nitrogens with one attached hydrogen (secondary N) is 1. The zero-order chi connectivity index (χ0) is 17.2. The summed E-state index contributed by atoms with van der Waals surface area (Å²) in [4.78, 5) is 0.161. The first-order chi connectivity index (χ1) is 11.5. The maximum atomic E-state index is 12.5. The number of nitrogens with zero attached hydrogens (tertiary/aromatic N) is 2. The Morgan fingerprint density at radius 3 is 2.46 bits per heavy atom. The van der Waals surface area contributed by atoms with Gasteiger partial charge in [-0.15, -0.1) is 0 Å². The predicted octanol–water partition coefficient (Wildman–Crippen LogP) is 3.18. The van der Waals surface area contributed by atoms with E-state index in [4.69, 9.17) is 11.6 Å². The molecule has 0 spiro atoms. The Balaban J connectivity index is 1.86. The highest BCUT2D eigenvalue weighted by atomic mass is 35.5. The van der Waals surface area contributed by atoms with Crippen LogP contribution in [0.1, 0.15) is 11.4 Å². The van der Waals surface area contributed by atoms with E-state index in [0.717, 1.165) is 11.1 Å². The minimum atomic E-state index is -3.69. The minimum Gasteiger partial charge on any atom is -0.244 e. The fourth-order valence-electron chi connectivity index (χ4n) is 2.17. The molecule has 0 unspecified atom stereocenters. The van der Waals surface area contributed by atoms with Crippen LogP contribution in [0.3, 0.4) is 0 Å². The van der Waals surface area contributed by atoms with Crippen LogP contribution in [0, 0.1) is 6.92 Å². The van der Waals surface area contributed by atoms with Gasteiger partial charge >= 0.3 is 0 Å². The lowest BCUT2D eigenvalue weighted by Gasteiger charge is -2.08. The monoisotopic (exact) mass is 363 g/mol. The fourth-order valence-corrected chi connectivity index (χ4v) is 3.39. The molecule has 1 N–H and O–H groups in total. The van der Waals surface area contributed by atoms with Gasteiger partial charge in [-0.05, 0) is 42.3 Å². The molecular formula is C16H14ClN3O3S. The number of benzene rings is 2. The first-order valence-corrected chi connectivity index (χ1v) is 8.95. The van der Waals surface area contributed by atoms with Crippen LogP contribution < -0.4 is 4.72 Å². The van der Waals surface area contributed by atoms with E-state index in [0.29, 0.717) is 16.4 Å². The SMILES string of the molecule is Cc1nonc1CNS(=O)(=O)c1cccc(-c2cccc(Cl)c2)c1. The van der Waals surface area contributed by atoms with Gasteiger partial charge in [-0.3, -0.25) is 0 Å². The Morgan fingerprint density at radius 2 is 1.79 bits per heavy atom. The lowest BCUT2D eigenvalue weighted by atomic mass is 10.1. The van der Waals surface area contributed by atoms with E-state index in [-0.39, 0.29) is 11.4 Å². The van der Waals surface area contributed by atoms with Gasteiger partial charge in [-0.2, -0.15) is 0 Å². The molecule has 24 heavy (non-hydrogen) atoms. The Hall–Kier alpha value is -2.22. The van der Waals surface area contributed by atoms with Crippen molar-refractivity contribution in [3.05, 3.63) is 64.9 Å². The summed E-state index contributed by atoms with van der Waals surface area (Å²) >= 11 is 5.99. The molecule has 8 heteroatoms. The summed E-state index contributed by atoms with van der Waals surface area (Å²) in [5.41, 5.74) is 2.60. The number of rotatable bonds is 5. The lowest BCUT2D eigenvalue weighted by molar-refractivity contribution is 0.301. The second-order valence-corrected chi connectivity index (χ2v) is 7.36. The van der Waals surface area contributed by atoms with Crippen LogP contribution in [0.25, 0.3) is 11.1 Å².